The summed E-state index contributed by atoms with van der Waals surface area (Å²) in [6.45, 7) is 6.42. The van der Waals surface area contributed by atoms with Crippen LogP contribution in [-0.4, -0.2) is 38.3 Å². The number of hydrogen-bond donors (Lipinski definition) is 1. The molecular weight excluding hydrogens is 498 g/mol. The van der Waals surface area contributed by atoms with E-state index in [1.54, 1.807) is 19.1 Å². The predicted octanol–water partition coefficient (Wildman–Crippen LogP) is 4.46. The van der Waals surface area contributed by atoms with Crippen LogP contribution >= 0.6 is 0 Å². The molecule has 0 aliphatic carbocycles. The number of carbonyl (C=O) groups is 2. The van der Waals surface area contributed by atoms with E-state index in [1.807, 2.05) is 18.2 Å². The molecule has 0 spiro atoms. The van der Waals surface area contributed by atoms with Crippen molar-refractivity contribution in [2.45, 2.75) is 26.9 Å². The second kappa shape index (κ2) is 12.4. The lowest BCUT2D eigenvalue weighted by atomic mass is 10.1. The Balaban J connectivity index is 1.96. The fraction of sp³-hybridized carbons (Fsp3) is 0.192. The van der Waals surface area contributed by atoms with Crippen LogP contribution in [0.1, 0.15) is 36.2 Å². The lowest BCUT2D eigenvalue weighted by Gasteiger charge is -2.22. The standard InChI is InChI=1S/C26H26F2N6O4/c1-4-14-32(25(36)34-26(37)33(30-31-34)23(20(27)5-2)21(28)6-3)18-12-13-22(29)19(15-18)24(35)38-16-17-10-8-7-9-11-17/h5-13,15H,2,4,14,16,29H2,1,3H3. The molecule has 0 fully saturated rings. The van der Waals surface area contributed by atoms with Crippen LogP contribution in [0.2, 0.25) is 0 Å². The summed E-state index contributed by atoms with van der Waals surface area (Å²) in [4.78, 5) is 40.2. The summed E-state index contributed by atoms with van der Waals surface area (Å²) in [7, 11) is 0. The van der Waals surface area contributed by atoms with Crippen molar-refractivity contribution in [1.29, 1.82) is 0 Å². The van der Waals surface area contributed by atoms with Crippen molar-refractivity contribution in [2.24, 2.45) is 0 Å². The maximum atomic E-state index is 14.3. The van der Waals surface area contributed by atoms with Crippen LogP contribution < -0.4 is 16.3 Å². The summed E-state index contributed by atoms with van der Waals surface area (Å²) < 4.78 is 34.6. The fourth-order valence-electron chi connectivity index (χ4n) is 3.42. The van der Waals surface area contributed by atoms with Gasteiger partial charge in [0, 0.05) is 17.9 Å². The van der Waals surface area contributed by atoms with Gasteiger partial charge in [0.05, 0.1) is 5.56 Å². The summed E-state index contributed by atoms with van der Waals surface area (Å²) in [6.07, 6.45) is 2.07. The largest absolute Gasteiger partial charge is 0.457 e. The molecule has 0 bridgehead atoms. The fourth-order valence-corrected chi connectivity index (χ4v) is 3.42. The summed E-state index contributed by atoms with van der Waals surface area (Å²) in [6, 6.07) is 12.3. The lowest BCUT2D eigenvalue weighted by Crippen LogP contribution is -2.41. The van der Waals surface area contributed by atoms with Crippen molar-refractivity contribution in [3.63, 3.8) is 0 Å². The Labute approximate surface area is 216 Å². The van der Waals surface area contributed by atoms with E-state index < -0.39 is 35.0 Å². The maximum absolute atomic E-state index is 14.3. The molecule has 3 aromatic rings. The third kappa shape index (κ3) is 5.91. The number of benzene rings is 2. The number of nitrogens with zero attached hydrogens (tertiary/aromatic N) is 5. The highest BCUT2D eigenvalue weighted by molar-refractivity contribution is 5.99. The Morgan fingerprint density at radius 2 is 1.82 bits per heavy atom. The van der Waals surface area contributed by atoms with Gasteiger partial charge < -0.3 is 10.5 Å². The Morgan fingerprint density at radius 1 is 1.13 bits per heavy atom. The second-order valence-corrected chi connectivity index (χ2v) is 7.89. The molecule has 3 rings (SSSR count). The Hall–Kier alpha value is -4.87. The molecule has 0 saturated heterocycles. The van der Waals surface area contributed by atoms with Crippen molar-refractivity contribution in [3.05, 3.63) is 101 Å². The third-order valence-electron chi connectivity index (χ3n) is 5.32. The number of aromatic nitrogens is 4. The van der Waals surface area contributed by atoms with Crippen LogP contribution in [0, 0.1) is 0 Å². The van der Waals surface area contributed by atoms with E-state index in [2.05, 4.69) is 17.0 Å². The number of esters is 1. The van der Waals surface area contributed by atoms with Crippen molar-refractivity contribution >= 4 is 29.1 Å². The van der Waals surface area contributed by atoms with E-state index >= 15 is 0 Å². The highest BCUT2D eigenvalue weighted by Gasteiger charge is 2.26. The Morgan fingerprint density at radius 3 is 2.45 bits per heavy atom. The van der Waals surface area contributed by atoms with Crippen LogP contribution in [0.3, 0.4) is 0 Å². The second-order valence-electron chi connectivity index (χ2n) is 7.89. The topological polar surface area (TPSA) is 125 Å². The molecule has 2 aromatic carbocycles. The first kappa shape index (κ1) is 27.7. The van der Waals surface area contributed by atoms with Crippen molar-refractivity contribution in [1.82, 2.24) is 19.8 Å². The predicted molar refractivity (Wildman–Crippen MR) is 139 cm³/mol. The summed E-state index contributed by atoms with van der Waals surface area (Å²) >= 11 is 0. The summed E-state index contributed by atoms with van der Waals surface area (Å²) in [5.41, 5.74) is 5.06. The van der Waals surface area contributed by atoms with Crippen molar-refractivity contribution in [2.75, 3.05) is 17.2 Å². The maximum Gasteiger partial charge on any atom is 0.377 e. The molecule has 1 heterocycles. The first-order valence-corrected chi connectivity index (χ1v) is 11.6. The van der Waals surface area contributed by atoms with Gasteiger partial charge in [-0.25, -0.2) is 23.2 Å². The van der Waals surface area contributed by atoms with E-state index in [0.29, 0.717) is 21.9 Å². The number of amides is 1. The number of ether oxygens (including phenoxy) is 1. The average Bonchev–Trinajstić information content (AvgIpc) is 3.31. The number of carbonyl (C=O) groups excluding carboxylic acids is 2. The number of hydrogen-bond acceptors (Lipinski definition) is 7. The normalized spacial score (nSPS) is 12.1. The number of nitrogen functional groups attached to an aromatic ring is 1. The average molecular weight is 525 g/mol. The van der Waals surface area contributed by atoms with Gasteiger partial charge in [-0.1, -0.05) is 43.8 Å². The van der Waals surface area contributed by atoms with Crippen molar-refractivity contribution < 1.29 is 23.1 Å². The van der Waals surface area contributed by atoms with Gasteiger partial charge in [-0.2, -0.15) is 4.68 Å². The smallest absolute Gasteiger partial charge is 0.377 e. The van der Waals surface area contributed by atoms with Crippen LogP contribution in [0.5, 0.6) is 0 Å². The zero-order chi connectivity index (χ0) is 27.8. The molecule has 0 atom stereocenters. The number of allylic oxidation sites excluding steroid dienone is 5. The summed E-state index contributed by atoms with van der Waals surface area (Å²) in [5, 5.41) is 6.99. The van der Waals surface area contributed by atoms with Gasteiger partial charge >= 0.3 is 17.7 Å². The molecule has 0 saturated carbocycles. The number of tetrazole rings is 1. The van der Waals surface area contributed by atoms with Crippen LogP contribution in [0.4, 0.5) is 25.0 Å². The number of halogens is 2. The van der Waals surface area contributed by atoms with Gasteiger partial charge in [-0.3, -0.25) is 4.90 Å². The van der Waals surface area contributed by atoms with E-state index in [1.165, 1.54) is 25.1 Å². The molecule has 0 aliphatic rings. The molecule has 2 N–H and O–H groups in total. The highest BCUT2D eigenvalue weighted by atomic mass is 19.1. The van der Waals surface area contributed by atoms with Gasteiger partial charge in [-0.05, 0) is 59.7 Å². The number of rotatable bonds is 9. The van der Waals surface area contributed by atoms with Crippen LogP contribution in [0.25, 0.3) is 5.70 Å². The molecule has 38 heavy (non-hydrogen) atoms. The molecular formula is C26H26F2N6O4. The molecule has 10 nitrogen and oxygen atoms in total. The zero-order valence-corrected chi connectivity index (χ0v) is 20.8. The molecule has 0 radical (unpaired) electrons. The van der Waals surface area contributed by atoms with Gasteiger partial charge in [0.25, 0.3) is 0 Å². The monoisotopic (exact) mass is 524 g/mol. The first-order valence-electron chi connectivity index (χ1n) is 11.6. The minimum atomic E-state index is -1.21. The SMILES string of the molecule is C=CC(F)=C(C(F)=CC)n1nnn(C(=O)N(CCC)c2ccc(N)c(C(=O)OCc3ccccc3)c2)c1=O. The lowest BCUT2D eigenvalue weighted by molar-refractivity contribution is 0.0474. The summed E-state index contributed by atoms with van der Waals surface area (Å²) in [5.74, 6) is -2.99. The third-order valence-corrected chi connectivity index (χ3v) is 5.32. The number of anilines is 2. The molecule has 198 valence electrons. The van der Waals surface area contributed by atoms with Gasteiger partial charge in [-0.15, -0.1) is 4.68 Å². The highest BCUT2D eigenvalue weighted by Crippen LogP contribution is 2.24. The van der Waals surface area contributed by atoms with E-state index in [-0.39, 0.29) is 30.1 Å². The minimum absolute atomic E-state index is 0.0109. The zero-order valence-electron chi connectivity index (χ0n) is 20.8. The molecule has 12 heteroatoms. The molecule has 0 aliphatic heterocycles. The van der Waals surface area contributed by atoms with E-state index in [9.17, 15) is 23.2 Å². The van der Waals surface area contributed by atoms with E-state index in [4.69, 9.17) is 10.5 Å². The van der Waals surface area contributed by atoms with Crippen LogP contribution in [-0.2, 0) is 11.3 Å². The number of nitrogens with two attached hydrogens (primary N) is 1. The van der Waals surface area contributed by atoms with Gasteiger partial charge in [0.15, 0.2) is 5.83 Å². The minimum Gasteiger partial charge on any atom is -0.457 e. The Bertz CT molecular complexity index is 1460. The molecule has 0 unspecified atom stereocenters. The quantitative estimate of drug-likeness (QED) is 0.190. The van der Waals surface area contributed by atoms with E-state index in [0.717, 1.165) is 16.5 Å². The van der Waals surface area contributed by atoms with Crippen molar-refractivity contribution in [3.8, 4) is 0 Å². The first-order chi connectivity index (χ1) is 18.2. The Kier molecular flexibility index (Phi) is 9.04. The van der Waals surface area contributed by atoms with Crippen LogP contribution in [0.15, 0.2) is 83.7 Å². The van der Waals surface area contributed by atoms with Gasteiger partial charge in [0.2, 0.25) is 0 Å². The van der Waals surface area contributed by atoms with Gasteiger partial charge in [0.1, 0.15) is 18.1 Å². The molecule has 1 amide bonds. The molecule has 1 aromatic heterocycles.